The van der Waals surface area contributed by atoms with Gasteiger partial charge in [-0.3, -0.25) is 0 Å². The lowest BCUT2D eigenvalue weighted by molar-refractivity contribution is 0.348. The van der Waals surface area contributed by atoms with Crippen molar-refractivity contribution in [3.63, 3.8) is 0 Å². The average Bonchev–Trinajstić information content (AvgIpc) is 2.23. The topological polar surface area (TPSA) is 34.1 Å². The fourth-order valence-electron chi connectivity index (χ4n) is 1.09. The Bertz CT molecular complexity index is 339. The quantitative estimate of drug-likeness (QED) is 0.783. The van der Waals surface area contributed by atoms with Crippen LogP contribution in [0.15, 0.2) is 24.4 Å². The van der Waals surface area contributed by atoms with Crippen molar-refractivity contribution in [2.45, 2.75) is 13.5 Å². The highest BCUT2D eigenvalue weighted by Crippen LogP contribution is 2.18. The summed E-state index contributed by atoms with van der Waals surface area (Å²) < 4.78 is 5.40. The summed E-state index contributed by atoms with van der Waals surface area (Å²) in [6.45, 7) is 3.19. The van der Waals surface area contributed by atoms with Gasteiger partial charge in [-0.05, 0) is 19.5 Å². The summed E-state index contributed by atoms with van der Waals surface area (Å²) >= 11 is 5.96. The van der Waals surface area contributed by atoms with Gasteiger partial charge in [0.2, 0.25) is 5.88 Å². The molecule has 15 heavy (non-hydrogen) atoms. The van der Waals surface area contributed by atoms with E-state index in [2.05, 4.69) is 10.3 Å². The summed E-state index contributed by atoms with van der Waals surface area (Å²) in [5.74, 6) is 0.600. The second kappa shape index (κ2) is 6.43. The van der Waals surface area contributed by atoms with E-state index in [1.807, 2.05) is 32.2 Å². The monoisotopic (exact) mass is 226 g/mol. The first-order valence-corrected chi connectivity index (χ1v) is 5.18. The molecule has 1 N–H and O–H groups in total. The van der Waals surface area contributed by atoms with Gasteiger partial charge in [0.25, 0.3) is 0 Å². The van der Waals surface area contributed by atoms with Gasteiger partial charge in [-0.1, -0.05) is 23.8 Å². The molecule has 1 aromatic heterocycles. The molecule has 0 unspecified atom stereocenters. The highest BCUT2D eigenvalue weighted by atomic mass is 35.5. The zero-order valence-electron chi connectivity index (χ0n) is 8.96. The van der Waals surface area contributed by atoms with Crippen LogP contribution in [-0.2, 0) is 6.54 Å². The first-order valence-electron chi connectivity index (χ1n) is 4.81. The van der Waals surface area contributed by atoms with Crippen LogP contribution in [-0.4, -0.2) is 18.6 Å². The Labute approximate surface area is 95.1 Å². The Morgan fingerprint density at radius 2 is 2.40 bits per heavy atom. The van der Waals surface area contributed by atoms with Crippen molar-refractivity contribution in [3.05, 3.63) is 35.0 Å². The Hall–Kier alpha value is -1.06. The highest BCUT2D eigenvalue weighted by molar-refractivity contribution is 6.31. The molecule has 0 spiro atoms. The van der Waals surface area contributed by atoms with Crippen molar-refractivity contribution in [2.75, 3.05) is 13.7 Å². The molecule has 1 aromatic rings. The number of pyridine rings is 1. The Morgan fingerprint density at radius 1 is 1.60 bits per heavy atom. The van der Waals surface area contributed by atoms with Crippen LogP contribution in [0, 0.1) is 0 Å². The maximum absolute atomic E-state index is 5.96. The van der Waals surface area contributed by atoms with Crippen LogP contribution in [0.4, 0.5) is 0 Å². The molecule has 0 aliphatic rings. The van der Waals surface area contributed by atoms with E-state index in [9.17, 15) is 0 Å². The van der Waals surface area contributed by atoms with Crippen LogP contribution >= 0.6 is 11.6 Å². The molecule has 0 saturated carbocycles. The van der Waals surface area contributed by atoms with E-state index in [1.54, 1.807) is 6.20 Å². The van der Waals surface area contributed by atoms with E-state index in [0.29, 0.717) is 24.1 Å². The number of rotatable bonds is 5. The van der Waals surface area contributed by atoms with Gasteiger partial charge < -0.3 is 10.1 Å². The fraction of sp³-hybridized carbons (Fsp3) is 0.364. The number of ether oxygens (including phenoxy) is 1. The number of hydrogen-bond acceptors (Lipinski definition) is 3. The molecule has 0 amide bonds. The summed E-state index contributed by atoms with van der Waals surface area (Å²) in [6.07, 6.45) is 5.47. The molecule has 0 aromatic carbocycles. The van der Waals surface area contributed by atoms with Crippen molar-refractivity contribution in [2.24, 2.45) is 0 Å². The fourth-order valence-corrected chi connectivity index (χ4v) is 1.26. The van der Waals surface area contributed by atoms with Crippen molar-refractivity contribution in [1.82, 2.24) is 10.3 Å². The molecule has 1 rings (SSSR count). The molecule has 1 heterocycles. The van der Waals surface area contributed by atoms with Crippen LogP contribution in [0.2, 0.25) is 5.02 Å². The Kier molecular flexibility index (Phi) is 5.15. The molecule has 0 fully saturated rings. The second-order valence-corrected chi connectivity index (χ2v) is 3.43. The lowest BCUT2D eigenvalue weighted by atomic mass is 10.2. The van der Waals surface area contributed by atoms with Crippen LogP contribution in [0.5, 0.6) is 5.88 Å². The molecule has 4 heteroatoms. The number of hydrogen-bond donors (Lipinski definition) is 1. The summed E-state index contributed by atoms with van der Waals surface area (Å²) in [6, 6.07) is 1.85. The van der Waals surface area contributed by atoms with Gasteiger partial charge >= 0.3 is 0 Å². The summed E-state index contributed by atoms with van der Waals surface area (Å²) in [5.41, 5.74) is 0.990. The highest BCUT2D eigenvalue weighted by Gasteiger charge is 2.02. The van der Waals surface area contributed by atoms with Crippen molar-refractivity contribution in [1.29, 1.82) is 0 Å². The van der Waals surface area contributed by atoms with Crippen molar-refractivity contribution >= 4 is 11.6 Å². The molecule has 0 aliphatic heterocycles. The Balaban J connectivity index is 2.69. The molecule has 0 bridgehead atoms. The van der Waals surface area contributed by atoms with Gasteiger partial charge in [-0.2, -0.15) is 0 Å². The van der Waals surface area contributed by atoms with Crippen molar-refractivity contribution < 1.29 is 4.74 Å². The van der Waals surface area contributed by atoms with Gasteiger partial charge in [0.05, 0.1) is 5.02 Å². The standard InChI is InChI=1S/C11H15ClN2O/c1-3-4-5-15-11-6-9(7-13-2)10(12)8-14-11/h3-4,6,8,13H,5,7H2,1-2H3/b4-3+. The van der Waals surface area contributed by atoms with E-state index >= 15 is 0 Å². The van der Waals surface area contributed by atoms with Crippen LogP contribution in [0.3, 0.4) is 0 Å². The second-order valence-electron chi connectivity index (χ2n) is 3.02. The molecular weight excluding hydrogens is 212 g/mol. The largest absolute Gasteiger partial charge is 0.473 e. The van der Waals surface area contributed by atoms with E-state index in [0.717, 1.165) is 5.56 Å². The zero-order chi connectivity index (χ0) is 11.1. The lowest BCUT2D eigenvalue weighted by Gasteiger charge is -2.06. The number of allylic oxidation sites excluding steroid dienone is 1. The molecule has 3 nitrogen and oxygen atoms in total. The number of halogens is 1. The predicted molar refractivity (Wildman–Crippen MR) is 62.3 cm³/mol. The number of nitrogens with zero attached hydrogens (tertiary/aromatic N) is 1. The average molecular weight is 227 g/mol. The van der Waals surface area contributed by atoms with Gasteiger partial charge in [-0.25, -0.2) is 4.98 Å². The number of aromatic nitrogens is 1. The van der Waals surface area contributed by atoms with E-state index in [1.165, 1.54) is 0 Å². The van der Waals surface area contributed by atoms with Gasteiger partial charge in [-0.15, -0.1) is 0 Å². The predicted octanol–water partition coefficient (Wildman–Crippen LogP) is 2.41. The third kappa shape index (κ3) is 3.90. The van der Waals surface area contributed by atoms with E-state index in [-0.39, 0.29) is 0 Å². The maximum atomic E-state index is 5.96. The minimum absolute atomic E-state index is 0.532. The zero-order valence-corrected chi connectivity index (χ0v) is 9.71. The maximum Gasteiger partial charge on any atom is 0.213 e. The van der Waals surface area contributed by atoms with E-state index in [4.69, 9.17) is 16.3 Å². The third-order valence-corrected chi connectivity index (χ3v) is 2.18. The normalized spacial score (nSPS) is 10.9. The Morgan fingerprint density at radius 3 is 3.07 bits per heavy atom. The van der Waals surface area contributed by atoms with E-state index < -0.39 is 0 Å². The lowest BCUT2D eigenvalue weighted by Crippen LogP contribution is -2.06. The minimum atomic E-state index is 0.532. The first-order chi connectivity index (χ1) is 7.27. The summed E-state index contributed by atoms with van der Waals surface area (Å²) in [7, 11) is 1.87. The molecule has 0 saturated heterocycles. The number of nitrogens with one attached hydrogen (secondary N) is 1. The molecular formula is C11H15ClN2O. The smallest absolute Gasteiger partial charge is 0.213 e. The van der Waals surface area contributed by atoms with Crippen LogP contribution in [0.1, 0.15) is 12.5 Å². The van der Waals surface area contributed by atoms with Gasteiger partial charge in [0.1, 0.15) is 6.61 Å². The molecule has 0 aliphatic carbocycles. The van der Waals surface area contributed by atoms with Crippen molar-refractivity contribution in [3.8, 4) is 5.88 Å². The van der Waals surface area contributed by atoms with Gasteiger partial charge in [0, 0.05) is 18.8 Å². The summed E-state index contributed by atoms with van der Waals surface area (Å²) in [5, 5.41) is 3.69. The SMILES string of the molecule is C/C=C/COc1cc(CNC)c(Cl)cn1. The third-order valence-electron chi connectivity index (χ3n) is 1.84. The molecule has 0 atom stereocenters. The molecule has 0 radical (unpaired) electrons. The minimum Gasteiger partial charge on any atom is -0.473 e. The van der Waals surface area contributed by atoms with Crippen LogP contribution in [0.25, 0.3) is 0 Å². The summed E-state index contributed by atoms with van der Waals surface area (Å²) in [4.78, 5) is 4.08. The first kappa shape index (κ1) is 12.0. The molecule has 82 valence electrons. The van der Waals surface area contributed by atoms with Gasteiger partial charge in [0.15, 0.2) is 0 Å². The van der Waals surface area contributed by atoms with Crippen LogP contribution < -0.4 is 10.1 Å².